The Morgan fingerprint density at radius 3 is 1.62 bits per heavy atom. The summed E-state index contributed by atoms with van der Waals surface area (Å²) in [6.07, 6.45) is 0. The molecule has 1 heterocycles. The van der Waals surface area contributed by atoms with Gasteiger partial charge in [-0.25, -0.2) is 0 Å². The van der Waals surface area contributed by atoms with Crippen molar-refractivity contribution in [3.63, 3.8) is 0 Å². The standard InChI is InChI=1S/C29H23BrCl2N2O3/c1-14-12-17(13-15(2)24(14)30)33-25(35)16(3)34-26(36)22-23(27(34)37)29(32)19-9-5-4-8-18(19)28(22,31)20-10-6-7-11-21(20)29/h4-13,16,22-23H,1-3H3,(H,33,35)/t16-,22-,23+,28?,29?/m0/s1. The Labute approximate surface area is 233 Å². The number of imide groups is 1. The molecule has 0 radical (unpaired) electrons. The minimum absolute atomic E-state index is 0.462. The van der Waals surface area contributed by atoms with Crippen LogP contribution >= 0.6 is 39.1 Å². The summed E-state index contributed by atoms with van der Waals surface area (Å²) in [5.41, 5.74) is 5.43. The predicted molar refractivity (Wildman–Crippen MR) is 147 cm³/mol. The maximum absolute atomic E-state index is 14.0. The van der Waals surface area contributed by atoms with Crippen LogP contribution in [0, 0.1) is 25.7 Å². The van der Waals surface area contributed by atoms with E-state index < -0.39 is 45.3 Å². The Morgan fingerprint density at radius 2 is 1.24 bits per heavy atom. The number of hydrogen-bond acceptors (Lipinski definition) is 3. The molecule has 5 nitrogen and oxygen atoms in total. The van der Waals surface area contributed by atoms with Crippen molar-refractivity contribution in [3.05, 3.63) is 98.5 Å². The fourth-order valence-corrected chi connectivity index (χ4v) is 7.78. The third kappa shape index (κ3) is 3.06. The highest BCUT2D eigenvalue weighted by Gasteiger charge is 2.73. The van der Waals surface area contributed by atoms with Crippen LogP contribution in [0.3, 0.4) is 0 Å². The fourth-order valence-electron chi connectivity index (χ4n) is 6.45. The van der Waals surface area contributed by atoms with Crippen LogP contribution in [0.5, 0.6) is 0 Å². The first-order chi connectivity index (χ1) is 17.5. The van der Waals surface area contributed by atoms with Gasteiger partial charge < -0.3 is 5.32 Å². The second-order valence-corrected chi connectivity index (χ2v) is 12.1. The maximum atomic E-state index is 14.0. The normalized spacial score (nSPS) is 28.0. The Balaban J connectivity index is 1.43. The number of benzene rings is 3. The van der Waals surface area contributed by atoms with Crippen molar-refractivity contribution in [1.82, 2.24) is 4.90 Å². The highest BCUT2D eigenvalue weighted by Crippen LogP contribution is 2.69. The summed E-state index contributed by atoms with van der Waals surface area (Å²) in [5.74, 6) is -3.29. The number of rotatable bonds is 3. The number of aryl methyl sites for hydroxylation is 2. The number of amides is 3. The SMILES string of the molecule is Cc1cc(NC(=O)[C@H](C)N2C(=O)[C@@H]3[C@H](C2=O)C2(Cl)c4ccccc4C3(Cl)c3ccccc32)cc(C)c1Br. The molecule has 3 aliphatic carbocycles. The lowest BCUT2D eigenvalue weighted by atomic mass is 9.54. The van der Waals surface area contributed by atoms with Crippen LogP contribution < -0.4 is 5.32 Å². The molecule has 8 heteroatoms. The number of hydrogen-bond donors (Lipinski definition) is 1. The quantitative estimate of drug-likeness (QED) is 0.298. The Bertz CT molecular complexity index is 1390. The number of alkyl halides is 2. The smallest absolute Gasteiger partial charge is 0.247 e. The largest absolute Gasteiger partial charge is 0.324 e. The Kier molecular flexibility index (Phi) is 5.44. The molecular weight excluding hydrogens is 575 g/mol. The molecule has 3 aromatic rings. The average molecular weight is 598 g/mol. The van der Waals surface area contributed by atoms with E-state index in [9.17, 15) is 14.4 Å². The van der Waals surface area contributed by atoms with Crippen molar-refractivity contribution in [3.8, 4) is 0 Å². The van der Waals surface area contributed by atoms with Gasteiger partial charge in [0.05, 0.1) is 11.8 Å². The van der Waals surface area contributed by atoms with Gasteiger partial charge in [0.15, 0.2) is 0 Å². The first kappa shape index (κ1) is 24.7. The molecule has 2 bridgehead atoms. The van der Waals surface area contributed by atoms with E-state index in [0.29, 0.717) is 5.69 Å². The third-order valence-electron chi connectivity index (χ3n) is 8.09. The molecule has 1 aliphatic heterocycles. The number of likely N-dealkylation sites (tertiary alicyclic amines) is 1. The molecule has 3 atom stereocenters. The van der Waals surface area contributed by atoms with E-state index in [2.05, 4.69) is 21.2 Å². The monoisotopic (exact) mass is 596 g/mol. The van der Waals surface area contributed by atoms with Crippen LogP contribution in [0.25, 0.3) is 0 Å². The van der Waals surface area contributed by atoms with E-state index in [1.54, 1.807) is 6.92 Å². The van der Waals surface area contributed by atoms with Gasteiger partial charge in [-0.05, 0) is 66.3 Å². The van der Waals surface area contributed by atoms with Gasteiger partial charge in [-0.15, -0.1) is 23.2 Å². The molecule has 7 rings (SSSR count). The summed E-state index contributed by atoms with van der Waals surface area (Å²) in [4.78, 5) is 39.9. The first-order valence-electron chi connectivity index (χ1n) is 12.0. The van der Waals surface area contributed by atoms with Gasteiger partial charge in [0, 0.05) is 10.2 Å². The predicted octanol–water partition coefficient (Wildman–Crippen LogP) is 5.99. The summed E-state index contributed by atoms with van der Waals surface area (Å²) < 4.78 is 0.960. The van der Waals surface area contributed by atoms with Gasteiger partial charge in [-0.1, -0.05) is 64.5 Å². The molecule has 1 saturated heterocycles. The summed E-state index contributed by atoms with van der Waals surface area (Å²) >= 11 is 18.4. The van der Waals surface area contributed by atoms with Crippen LogP contribution in [0.15, 0.2) is 65.1 Å². The molecule has 4 aliphatic rings. The maximum Gasteiger partial charge on any atom is 0.247 e. The highest BCUT2D eigenvalue weighted by molar-refractivity contribution is 9.10. The molecule has 3 aromatic carbocycles. The molecule has 37 heavy (non-hydrogen) atoms. The second-order valence-electron chi connectivity index (χ2n) is 10.1. The van der Waals surface area contributed by atoms with Gasteiger partial charge in [-0.2, -0.15) is 0 Å². The lowest BCUT2D eigenvalue weighted by Gasteiger charge is -2.54. The van der Waals surface area contributed by atoms with Crippen LogP contribution in [0.2, 0.25) is 0 Å². The Morgan fingerprint density at radius 1 is 0.865 bits per heavy atom. The molecule has 0 unspecified atom stereocenters. The second kappa shape index (κ2) is 8.16. The molecule has 0 aromatic heterocycles. The van der Waals surface area contributed by atoms with E-state index >= 15 is 0 Å². The number of nitrogens with zero attached hydrogens (tertiary/aromatic N) is 1. The minimum Gasteiger partial charge on any atom is -0.324 e. The molecule has 0 spiro atoms. The van der Waals surface area contributed by atoms with Gasteiger partial charge >= 0.3 is 0 Å². The van der Waals surface area contributed by atoms with Gasteiger partial charge in [0.2, 0.25) is 17.7 Å². The van der Waals surface area contributed by atoms with Crippen molar-refractivity contribution < 1.29 is 14.4 Å². The zero-order chi connectivity index (χ0) is 26.4. The Hall–Kier alpha value is -2.67. The lowest BCUT2D eigenvalue weighted by Crippen LogP contribution is -2.57. The molecule has 1 N–H and O–H groups in total. The zero-order valence-corrected chi connectivity index (χ0v) is 23.4. The van der Waals surface area contributed by atoms with E-state index in [1.807, 2.05) is 74.5 Å². The van der Waals surface area contributed by atoms with E-state index in [-0.39, 0.29) is 0 Å². The number of nitrogens with one attached hydrogen (secondary N) is 1. The van der Waals surface area contributed by atoms with E-state index in [4.69, 9.17) is 23.2 Å². The van der Waals surface area contributed by atoms with Gasteiger partial charge in [0.25, 0.3) is 0 Å². The number of carbonyl (C=O) groups excluding carboxylic acids is 3. The number of anilines is 1. The third-order valence-corrected chi connectivity index (χ3v) is 10.6. The molecule has 188 valence electrons. The highest BCUT2D eigenvalue weighted by atomic mass is 79.9. The van der Waals surface area contributed by atoms with Crippen molar-refractivity contribution in [2.24, 2.45) is 11.8 Å². The average Bonchev–Trinajstić information content (AvgIpc) is 3.16. The van der Waals surface area contributed by atoms with Crippen molar-refractivity contribution >= 4 is 62.5 Å². The number of carbonyl (C=O) groups is 3. The lowest BCUT2D eigenvalue weighted by molar-refractivity contribution is -0.146. The summed E-state index contributed by atoms with van der Waals surface area (Å²) in [6.45, 7) is 5.42. The number of halogens is 3. The fraction of sp³-hybridized carbons (Fsp3) is 0.276. The minimum atomic E-state index is -1.27. The summed E-state index contributed by atoms with van der Waals surface area (Å²) in [5, 5.41) is 2.87. The first-order valence-corrected chi connectivity index (χ1v) is 13.6. The van der Waals surface area contributed by atoms with Crippen LogP contribution in [0.1, 0.15) is 40.3 Å². The zero-order valence-electron chi connectivity index (χ0n) is 20.3. The van der Waals surface area contributed by atoms with Crippen LogP contribution in [0.4, 0.5) is 5.69 Å². The topological polar surface area (TPSA) is 66.5 Å². The summed E-state index contributed by atoms with van der Waals surface area (Å²) in [7, 11) is 0. The molecule has 1 fully saturated rings. The molecular formula is C29H23BrCl2N2O3. The van der Waals surface area contributed by atoms with Gasteiger partial charge in [-0.3, -0.25) is 19.3 Å². The van der Waals surface area contributed by atoms with E-state index in [0.717, 1.165) is 42.8 Å². The summed E-state index contributed by atoms with van der Waals surface area (Å²) in [6, 6.07) is 17.6. The van der Waals surface area contributed by atoms with Crippen LogP contribution in [-0.4, -0.2) is 28.7 Å². The van der Waals surface area contributed by atoms with E-state index in [1.165, 1.54) is 0 Å². The van der Waals surface area contributed by atoms with Crippen molar-refractivity contribution in [1.29, 1.82) is 0 Å². The van der Waals surface area contributed by atoms with Crippen molar-refractivity contribution in [2.75, 3.05) is 5.32 Å². The molecule has 3 amide bonds. The van der Waals surface area contributed by atoms with Crippen molar-refractivity contribution in [2.45, 2.75) is 36.6 Å². The molecule has 0 saturated carbocycles. The van der Waals surface area contributed by atoms with Crippen LogP contribution in [-0.2, 0) is 24.1 Å². The van der Waals surface area contributed by atoms with Gasteiger partial charge in [0.1, 0.15) is 15.8 Å².